The lowest BCUT2D eigenvalue weighted by Gasteiger charge is -2.26. The number of rotatable bonds is 10. The van der Waals surface area contributed by atoms with Gasteiger partial charge in [-0.1, -0.05) is 17.7 Å². The molecule has 1 fully saturated rings. The van der Waals surface area contributed by atoms with E-state index in [1.54, 1.807) is 49.6 Å². The van der Waals surface area contributed by atoms with Crippen molar-refractivity contribution in [3.8, 4) is 11.5 Å². The Hall–Kier alpha value is -3.03. The van der Waals surface area contributed by atoms with E-state index in [4.69, 9.17) is 25.8 Å². The van der Waals surface area contributed by atoms with E-state index in [0.29, 0.717) is 47.3 Å². The minimum Gasteiger partial charge on any atom is -0.507 e. The van der Waals surface area contributed by atoms with Gasteiger partial charge < -0.3 is 24.2 Å². The Morgan fingerprint density at radius 2 is 1.82 bits per heavy atom. The first-order valence-corrected chi connectivity index (χ1v) is 11.6. The first kappa shape index (κ1) is 25.6. The van der Waals surface area contributed by atoms with Gasteiger partial charge in [0.15, 0.2) is 11.5 Å². The summed E-state index contributed by atoms with van der Waals surface area (Å²) in [6.07, 6.45) is 0.600. The predicted molar refractivity (Wildman–Crippen MR) is 130 cm³/mol. The topological polar surface area (TPSA) is 85.3 Å². The molecule has 7 nitrogen and oxygen atoms in total. The Morgan fingerprint density at radius 3 is 2.44 bits per heavy atom. The summed E-state index contributed by atoms with van der Waals surface area (Å²) in [5, 5.41) is 11.6. The average molecular weight is 488 g/mol. The molecule has 1 atom stereocenters. The van der Waals surface area contributed by atoms with E-state index in [-0.39, 0.29) is 24.0 Å². The van der Waals surface area contributed by atoms with Crippen molar-refractivity contribution in [1.82, 2.24) is 4.90 Å². The van der Waals surface area contributed by atoms with Crippen molar-refractivity contribution in [2.75, 3.05) is 26.9 Å². The van der Waals surface area contributed by atoms with Gasteiger partial charge in [-0.15, -0.1) is 0 Å². The van der Waals surface area contributed by atoms with Gasteiger partial charge in [0.2, 0.25) is 0 Å². The number of likely N-dealkylation sites (tertiary alicyclic amines) is 1. The number of benzene rings is 2. The van der Waals surface area contributed by atoms with Gasteiger partial charge in [-0.3, -0.25) is 9.59 Å². The third-order valence-corrected chi connectivity index (χ3v) is 5.71. The van der Waals surface area contributed by atoms with Crippen LogP contribution < -0.4 is 9.47 Å². The molecule has 0 spiro atoms. The Morgan fingerprint density at radius 1 is 1.12 bits per heavy atom. The van der Waals surface area contributed by atoms with Crippen LogP contribution in [0.25, 0.3) is 5.76 Å². The zero-order chi connectivity index (χ0) is 24.8. The van der Waals surface area contributed by atoms with Crippen LogP contribution in [0.15, 0.2) is 48.0 Å². The molecule has 0 bridgehead atoms. The minimum atomic E-state index is -0.792. The molecule has 0 aliphatic carbocycles. The average Bonchev–Trinajstić information content (AvgIpc) is 3.07. The van der Waals surface area contributed by atoms with Gasteiger partial charge in [-0.05, 0) is 69.2 Å². The second kappa shape index (κ2) is 11.4. The van der Waals surface area contributed by atoms with E-state index in [1.165, 1.54) is 4.90 Å². The summed E-state index contributed by atoms with van der Waals surface area (Å²) >= 11 is 5.98. The molecule has 0 saturated carbocycles. The summed E-state index contributed by atoms with van der Waals surface area (Å²) in [5.74, 6) is -0.641. The lowest BCUT2D eigenvalue weighted by atomic mass is 9.95. The highest BCUT2D eigenvalue weighted by molar-refractivity contribution is 6.46. The summed E-state index contributed by atoms with van der Waals surface area (Å²) in [6, 6.07) is 10.9. The zero-order valence-electron chi connectivity index (χ0n) is 19.8. The maximum atomic E-state index is 13.1. The number of hydrogen-bond acceptors (Lipinski definition) is 6. The Labute approximate surface area is 204 Å². The van der Waals surface area contributed by atoms with Gasteiger partial charge in [0.05, 0.1) is 31.4 Å². The van der Waals surface area contributed by atoms with Crippen molar-refractivity contribution in [3.63, 3.8) is 0 Å². The smallest absolute Gasteiger partial charge is 0.295 e. The van der Waals surface area contributed by atoms with E-state index in [2.05, 4.69) is 0 Å². The summed E-state index contributed by atoms with van der Waals surface area (Å²) in [5.41, 5.74) is 1.04. The molecule has 0 aromatic heterocycles. The fraction of sp³-hybridized carbons (Fsp3) is 0.385. The first-order valence-electron chi connectivity index (χ1n) is 11.2. The number of nitrogens with zero attached hydrogens (tertiary/aromatic N) is 1. The normalized spacial score (nSPS) is 17.5. The predicted octanol–water partition coefficient (Wildman–Crippen LogP) is 4.98. The molecule has 1 saturated heterocycles. The zero-order valence-corrected chi connectivity index (χ0v) is 20.6. The van der Waals surface area contributed by atoms with Crippen LogP contribution in [0.5, 0.6) is 11.5 Å². The Bertz CT molecular complexity index is 1060. The number of methoxy groups -OCH3 is 1. The fourth-order valence-electron chi connectivity index (χ4n) is 3.91. The molecule has 1 amide bonds. The molecular formula is C26H30ClNO6. The third-order valence-electron chi connectivity index (χ3n) is 5.46. The standard InChI is InChI=1S/C26H30ClNO6/c1-5-33-21-15-18(9-12-20(21)32-4)23-22(24(29)17-7-10-19(27)11-8-17)25(30)26(31)28(23)13-6-14-34-16(2)3/h7-12,15-16,23,29H,5-6,13-14H2,1-4H3/b24-22-. The number of carbonyl (C=O) groups excluding carboxylic acids is 2. The van der Waals surface area contributed by atoms with Crippen LogP contribution in [-0.4, -0.2) is 54.7 Å². The lowest BCUT2D eigenvalue weighted by molar-refractivity contribution is -0.140. The molecule has 0 radical (unpaired) electrons. The van der Waals surface area contributed by atoms with Crippen LogP contribution in [0.4, 0.5) is 0 Å². The summed E-state index contributed by atoms with van der Waals surface area (Å²) in [7, 11) is 1.54. The molecule has 2 aromatic rings. The van der Waals surface area contributed by atoms with Gasteiger partial charge >= 0.3 is 0 Å². The van der Waals surface area contributed by atoms with Crippen molar-refractivity contribution < 1.29 is 28.9 Å². The first-order chi connectivity index (χ1) is 16.3. The van der Waals surface area contributed by atoms with Crippen LogP contribution in [0, 0.1) is 0 Å². The molecule has 34 heavy (non-hydrogen) atoms. The molecule has 8 heteroatoms. The molecule has 182 valence electrons. The van der Waals surface area contributed by atoms with Crippen molar-refractivity contribution in [2.45, 2.75) is 39.3 Å². The fourth-order valence-corrected chi connectivity index (χ4v) is 4.03. The van der Waals surface area contributed by atoms with Crippen LogP contribution >= 0.6 is 11.6 Å². The highest BCUT2D eigenvalue weighted by Crippen LogP contribution is 2.42. The molecule has 1 aliphatic heterocycles. The number of ether oxygens (including phenoxy) is 3. The second-order valence-electron chi connectivity index (χ2n) is 8.12. The molecule has 1 heterocycles. The van der Waals surface area contributed by atoms with Crippen LogP contribution in [0.3, 0.4) is 0 Å². The highest BCUT2D eigenvalue weighted by Gasteiger charge is 2.46. The van der Waals surface area contributed by atoms with Gasteiger partial charge in [0, 0.05) is 23.7 Å². The lowest BCUT2D eigenvalue weighted by Crippen LogP contribution is -2.31. The van der Waals surface area contributed by atoms with Gasteiger partial charge in [-0.25, -0.2) is 0 Å². The number of amides is 1. The Balaban J connectivity index is 2.09. The van der Waals surface area contributed by atoms with Crippen molar-refractivity contribution in [1.29, 1.82) is 0 Å². The summed E-state index contributed by atoms with van der Waals surface area (Å²) in [4.78, 5) is 27.7. The number of aliphatic hydroxyl groups is 1. The van der Waals surface area contributed by atoms with Crippen molar-refractivity contribution >= 4 is 29.1 Å². The third kappa shape index (κ3) is 5.54. The Kier molecular flexibility index (Phi) is 8.58. The van der Waals surface area contributed by atoms with Crippen LogP contribution in [0.2, 0.25) is 5.02 Å². The maximum absolute atomic E-state index is 13.1. The molecule has 3 rings (SSSR count). The number of aliphatic hydroxyl groups excluding tert-OH is 1. The summed E-state index contributed by atoms with van der Waals surface area (Å²) in [6.45, 7) is 6.87. The number of hydrogen-bond donors (Lipinski definition) is 1. The van der Waals surface area contributed by atoms with Crippen molar-refractivity contribution in [3.05, 3.63) is 64.2 Å². The largest absolute Gasteiger partial charge is 0.507 e. The second-order valence-corrected chi connectivity index (χ2v) is 8.55. The molecule has 1 unspecified atom stereocenters. The van der Waals surface area contributed by atoms with E-state index >= 15 is 0 Å². The van der Waals surface area contributed by atoms with E-state index in [1.807, 2.05) is 20.8 Å². The van der Waals surface area contributed by atoms with Gasteiger partial charge in [0.1, 0.15) is 5.76 Å². The molecule has 1 N–H and O–H groups in total. The highest BCUT2D eigenvalue weighted by atomic mass is 35.5. The quantitative estimate of drug-likeness (QED) is 0.220. The van der Waals surface area contributed by atoms with Crippen LogP contribution in [-0.2, 0) is 14.3 Å². The minimum absolute atomic E-state index is 0.0183. The summed E-state index contributed by atoms with van der Waals surface area (Å²) < 4.78 is 16.7. The SMILES string of the molecule is CCOc1cc(C2/C(=C(/O)c3ccc(Cl)cc3)C(=O)C(=O)N2CCCOC(C)C)ccc1OC. The number of ketones is 1. The van der Waals surface area contributed by atoms with Gasteiger partial charge in [0.25, 0.3) is 11.7 Å². The number of Topliss-reactive ketones (excluding diaryl/α,β-unsaturated/α-hetero) is 1. The monoisotopic (exact) mass is 487 g/mol. The molecule has 1 aliphatic rings. The maximum Gasteiger partial charge on any atom is 0.295 e. The van der Waals surface area contributed by atoms with Gasteiger partial charge in [-0.2, -0.15) is 0 Å². The van der Waals surface area contributed by atoms with E-state index in [9.17, 15) is 14.7 Å². The number of carbonyl (C=O) groups is 2. The van der Waals surface area contributed by atoms with E-state index < -0.39 is 17.7 Å². The molecular weight excluding hydrogens is 458 g/mol. The van der Waals surface area contributed by atoms with E-state index in [0.717, 1.165) is 0 Å². The van der Waals surface area contributed by atoms with Crippen molar-refractivity contribution in [2.24, 2.45) is 0 Å². The molecule has 2 aromatic carbocycles. The van der Waals surface area contributed by atoms with Crippen LogP contribution in [0.1, 0.15) is 44.4 Å². The number of halogens is 1.